The maximum atomic E-state index is 11.5. The van der Waals surface area contributed by atoms with Crippen molar-refractivity contribution in [3.05, 3.63) is 17.5 Å². The lowest BCUT2D eigenvalue weighted by atomic mass is 9.66. The molecule has 2 heterocycles. The third-order valence-corrected chi connectivity index (χ3v) is 4.58. The summed E-state index contributed by atoms with van der Waals surface area (Å²) in [6, 6.07) is 1.98. The summed E-state index contributed by atoms with van der Waals surface area (Å²) >= 11 is 1.34. The van der Waals surface area contributed by atoms with E-state index in [2.05, 4.69) is 18.2 Å². The first-order valence-corrected chi connectivity index (χ1v) is 6.95. The van der Waals surface area contributed by atoms with E-state index in [0.29, 0.717) is 30.0 Å². The van der Waals surface area contributed by atoms with Crippen molar-refractivity contribution >= 4 is 27.8 Å². The van der Waals surface area contributed by atoms with E-state index in [1.165, 1.54) is 11.5 Å². The summed E-state index contributed by atoms with van der Waals surface area (Å²) in [5, 5.41) is 9.45. The van der Waals surface area contributed by atoms with E-state index >= 15 is 0 Å². The van der Waals surface area contributed by atoms with Crippen LogP contribution >= 0.6 is 11.5 Å². The molecule has 0 atom stereocenters. The molecule has 1 aliphatic carbocycles. The van der Waals surface area contributed by atoms with Gasteiger partial charge in [0.1, 0.15) is 16.9 Å². The van der Waals surface area contributed by atoms with Gasteiger partial charge in [0.05, 0.1) is 4.70 Å². The number of aromatic nitrogens is 1. The zero-order valence-corrected chi connectivity index (χ0v) is 11.2. The van der Waals surface area contributed by atoms with Crippen LogP contribution in [0, 0.1) is 0 Å². The number of carboxylic acid groups (broad SMARTS) is 1. The summed E-state index contributed by atoms with van der Waals surface area (Å²) in [4.78, 5) is 11.5. The van der Waals surface area contributed by atoms with Crippen molar-refractivity contribution < 1.29 is 14.3 Å². The molecule has 2 aromatic heterocycles. The second-order valence-corrected chi connectivity index (χ2v) is 6.07. The molecule has 0 bridgehead atoms. The third kappa shape index (κ3) is 1.43. The number of aliphatic carboxylic acids is 1. The monoisotopic (exact) mass is 265 g/mol. The molecule has 1 saturated carbocycles. The zero-order chi connectivity index (χ0) is 12.9. The number of rotatable bonds is 3. The van der Waals surface area contributed by atoms with Gasteiger partial charge in [0, 0.05) is 5.92 Å². The Labute approximate surface area is 109 Å². The predicted octanol–water partition coefficient (Wildman–Crippen LogP) is 3.52. The molecule has 0 saturated heterocycles. The van der Waals surface area contributed by atoms with E-state index in [9.17, 15) is 9.90 Å². The smallest absolute Gasteiger partial charge is 0.315 e. The highest BCUT2D eigenvalue weighted by atomic mass is 32.1. The fourth-order valence-electron chi connectivity index (χ4n) is 2.43. The maximum Gasteiger partial charge on any atom is 0.315 e. The SMILES string of the molecule is CC(C)c1cc2snc(C3(C(=O)O)CCC3)c2o1. The van der Waals surface area contributed by atoms with Gasteiger partial charge in [-0.25, -0.2) is 0 Å². The lowest BCUT2D eigenvalue weighted by Gasteiger charge is -2.35. The van der Waals surface area contributed by atoms with Crippen molar-refractivity contribution in [3.63, 3.8) is 0 Å². The van der Waals surface area contributed by atoms with Crippen molar-refractivity contribution in [2.75, 3.05) is 0 Å². The molecule has 1 fully saturated rings. The van der Waals surface area contributed by atoms with Crippen molar-refractivity contribution in [2.45, 2.75) is 44.4 Å². The Balaban J connectivity index is 2.14. The van der Waals surface area contributed by atoms with Crippen molar-refractivity contribution in [1.29, 1.82) is 0 Å². The molecule has 96 valence electrons. The molecule has 2 aromatic rings. The topological polar surface area (TPSA) is 63.3 Å². The van der Waals surface area contributed by atoms with Crippen LogP contribution in [0.2, 0.25) is 0 Å². The van der Waals surface area contributed by atoms with Crippen LogP contribution in [-0.2, 0) is 10.2 Å². The fraction of sp³-hybridized carbons (Fsp3) is 0.538. The largest absolute Gasteiger partial charge is 0.481 e. The molecular formula is C13H15NO3S. The van der Waals surface area contributed by atoms with Gasteiger partial charge in [-0.2, -0.15) is 4.37 Å². The molecule has 1 aliphatic rings. The summed E-state index contributed by atoms with van der Waals surface area (Å²) in [5.41, 5.74) is 0.517. The van der Waals surface area contributed by atoms with Gasteiger partial charge in [-0.15, -0.1) is 0 Å². The fourth-order valence-corrected chi connectivity index (χ4v) is 3.27. The molecule has 0 aliphatic heterocycles. The van der Waals surface area contributed by atoms with Crippen LogP contribution in [0.15, 0.2) is 10.5 Å². The Morgan fingerprint density at radius 2 is 2.28 bits per heavy atom. The highest BCUT2D eigenvalue weighted by Gasteiger charge is 2.49. The summed E-state index contributed by atoms with van der Waals surface area (Å²) in [6.07, 6.45) is 2.28. The minimum absolute atomic E-state index is 0.305. The highest BCUT2D eigenvalue weighted by Crippen LogP contribution is 2.47. The van der Waals surface area contributed by atoms with Crippen LogP contribution in [0.4, 0.5) is 0 Å². The zero-order valence-electron chi connectivity index (χ0n) is 10.4. The number of carboxylic acids is 1. The summed E-state index contributed by atoms with van der Waals surface area (Å²) in [5.74, 6) is 0.433. The number of nitrogens with zero attached hydrogens (tertiary/aromatic N) is 1. The van der Waals surface area contributed by atoms with Crippen LogP contribution in [0.5, 0.6) is 0 Å². The molecule has 3 rings (SSSR count). The second-order valence-electron chi connectivity index (χ2n) is 5.27. The number of carbonyl (C=O) groups is 1. The van der Waals surface area contributed by atoms with Crippen molar-refractivity contribution in [1.82, 2.24) is 4.37 Å². The van der Waals surface area contributed by atoms with Gasteiger partial charge >= 0.3 is 5.97 Å². The van der Waals surface area contributed by atoms with Crippen LogP contribution in [0.25, 0.3) is 10.3 Å². The molecular weight excluding hydrogens is 250 g/mol. The van der Waals surface area contributed by atoms with Gasteiger partial charge in [0.2, 0.25) is 0 Å². The molecule has 0 spiro atoms. The Bertz CT molecular complexity index is 607. The first kappa shape index (κ1) is 11.7. The standard InChI is InChI=1S/C13H15NO3S/c1-7(2)8-6-9-10(17-8)11(14-18-9)13(12(15)16)4-3-5-13/h6-7H,3-5H2,1-2H3,(H,15,16). The molecule has 18 heavy (non-hydrogen) atoms. The average molecular weight is 265 g/mol. The van der Waals surface area contributed by atoms with Crippen LogP contribution < -0.4 is 0 Å². The molecule has 4 nitrogen and oxygen atoms in total. The first-order valence-electron chi connectivity index (χ1n) is 6.17. The van der Waals surface area contributed by atoms with Gasteiger partial charge in [-0.3, -0.25) is 4.79 Å². The number of fused-ring (bicyclic) bond motifs is 1. The number of hydrogen-bond donors (Lipinski definition) is 1. The quantitative estimate of drug-likeness (QED) is 0.922. The van der Waals surface area contributed by atoms with Gasteiger partial charge in [-0.05, 0) is 30.4 Å². The highest BCUT2D eigenvalue weighted by molar-refractivity contribution is 7.13. The summed E-state index contributed by atoms with van der Waals surface area (Å²) < 4.78 is 11.1. The number of furan rings is 1. The number of hydrogen-bond acceptors (Lipinski definition) is 4. The van der Waals surface area contributed by atoms with Crippen LogP contribution in [0.3, 0.4) is 0 Å². The minimum Gasteiger partial charge on any atom is -0.481 e. The van der Waals surface area contributed by atoms with Gasteiger partial charge in [0.15, 0.2) is 5.58 Å². The van der Waals surface area contributed by atoms with Gasteiger partial charge in [0.25, 0.3) is 0 Å². The average Bonchev–Trinajstić information content (AvgIpc) is 2.76. The Morgan fingerprint density at radius 3 is 2.78 bits per heavy atom. The Kier molecular flexibility index (Phi) is 2.48. The van der Waals surface area contributed by atoms with Crippen molar-refractivity contribution in [2.24, 2.45) is 0 Å². The lowest BCUT2D eigenvalue weighted by Crippen LogP contribution is -2.42. The summed E-state index contributed by atoms with van der Waals surface area (Å²) in [7, 11) is 0. The normalized spacial score (nSPS) is 18.2. The van der Waals surface area contributed by atoms with E-state index in [4.69, 9.17) is 4.42 Å². The van der Waals surface area contributed by atoms with E-state index in [1.807, 2.05) is 6.07 Å². The van der Waals surface area contributed by atoms with Crippen LogP contribution in [-0.4, -0.2) is 15.4 Å². The minimum atomic E-state index is -0.801. The summed E-state index contributed by atoms with van der Waals surface area (Å²) in [6.45, 7) is 4.12. The van der Waals surface area contributed by atoms with E-state index in [1.54, 1.807) is 0 Å². The Morgan fingerprint density at radius 1 is 1.56 bits per heavy atom. The lowest BCUT2D eigenvalue weighted by molar-refractivity contribution is -0.147. The molecule has 5 heteroatoms. The predicted molar refractivity (Wildman–Crippen MR) is 69.1 cm³/mol. The van der Waals surface area contributed by atoms with E-state index in [-0.39, 0.29) is 0 Å². The molecule has 0 aromatic carbocycles. The molecule has 0 unspecified atom stereocenters. The van der Waals surface area contributed by atoms with E-state index in [0.717, 1.165) is 16.9 Å². The van der Waals surface area contributed by atoms with Gasteiger partial charge in [-0.1, -0.05) is 20.3 Å². The Hall–Kier alpha value is -1.36. The third-order valence-electron chi connectivity index (χ3n) is 3.81. The molecule has 0 radical (unpaired) electrons. The van der Waals surface area contributed by atoms with Crippen LogP contribution in [0.1, 0.15) is 50.5 Å². The van der Waals surface area contributed by atoms with E-state index < -0.39 is 11.4 Å². The molecule has 1 N–H and O–H groups in total. The van der Waals surface area contributed by atoms with Crippen molar-refractivity contribution in [3.8, 4) is 0 Å². The second kappa shape index (κ2) is 3.82. The molecule has 0 amide bonds. The van der Waals surface area contributed by atoms with Gasteiger partial charge < -0.3 is 9.52 Å². The maximum absolute atomic E-state index is 11.5. The first-order chi connectivity index (χ1) is 8.54.